The number of benzene rings is 2. The molecule has 0 spiro atoms. The zero-order valence-electron chi connectivity index (χ0n) is 17.9. The number of ether oxygens (including phenoxy) is 1. The zero-order valence-corrected chi connectivity index (χ0v) is 19.5. The van der Waals surface area contributed by atoms with Gasteiger partial charge in [0.2, 0.25) is 31.8 Å². The lowest BCUT2D eigenvalue weighted by Gasteiger charge is -2.10. The summed E-state index contributed by atoms with van der Waals surface area (Å²) in [6.45, 7) is 3.03. The Morgan fingerprint density at radius 2 is 1.91 bits per heavy atom. The number of sulfone groups is 1. The quantitative estimate of drug-likeness (QED) is 0.376. The molecule has 1 saturated heterocycles. The topological polar surface area (TPSA) is 98.5 Å². The molecule has 1 aliphatic rings. The van der Waals surface area contributed by atoms with Gasteiger partial charge in [0.25, 0.3) is 0 Å². The number of aryl methyl sites for hydroxylation is 1. The van der Waals surface area contributed by atoms with Gasteiger partial charge in [0, 0.05) is 18.7 Å². The van der Waals surface area contributed by atoms with Crippen LogP contribution < -0.4 is 5.32 Å². The van der Waals surface area contributed by atoms with Gasteiger partial charge in [-0.3, -0.25) is 4.79 Å². The second-order valence-electron chi connectivity index (χ2n) is 7.66. The Kier molecular flexibility index (Phi) is 7.16. The molecular weight excluding hydrogens is 467 g/mol. The molecule has 0 saturated carbocycles. The van der Waals surface area contributed by atoms with Gasteiger partial charge in [-0.25, -0.2) is 12.8 Å². The van der Waals surface area contributed by atoms with Crippen molar-refractivity contribution in [3.63, 3.8) is 0 Å². The van der Waals surface area contributed by atoms with Crippen molar-refractivity contribution >= 4 is 27.5 Å². The Morgan fingerprint density at radius 1 is 1.18 bits per heavy atom. The van der Waals surface area contributed by atoms with E-state index in [1.165, 1.54) is 12.1 Å². The molecule has 1 aliphatic heterocycles. The molecule has 1 N–H and O–H groups in total. The molecule has 0 bridgehead atoms. The summed E-state index contributed by atoms with van der Waals surface area (Å²) in [5.41, 5.74) is 1.63. The van der Waals surface area contributed by atoms with Crippen molar-refractivity contribution in [2.24, 2.45) is 0 Å². The molecule has 7 nitrogen and oxygen atoms in total. The molecule has 1 amide bonds. The van der Waals surface area contributed by atoms with Gasteiger partial charge in [0.05, 0.1) is 16.8 Å². The SMILES string of the molecule is Cc1ccc(-c2nc(S(=O)(=O)c3ccc(F)cc3)c(SCC(=O)NC[C@@H]3CCCO3)o2)cc1. The third kappa shape index (κ3) is 5.63. The molecule has 2 heterocycles. The fourth-order valence-electron chi connectivity index (χ4n) is 3.31. The first kappa shape index (κ1) is 23.5. The minimum Gasteiger partial charge on any atom is -0.428 e. The van der Waals surface area contributed by atoms with Crippen molar-refractivity contribution in [3.05, 3.63) is 59.9 Å². The van der Waals surface area contributed by atoms with Gasteiger partial charge in [-0.05, 0) is 56.2 Å². The fraction of sp³-hybridized carbons (Fsp3) is 0.304. The largest absolute Gasteiger partial charge is 0.428 e. The number of carbonyl (C=O) groups excluding carboxylic acids is 1. The average Bonchev–Trinajstić information content (AvgIpc) is 3.47. The van der Waals surface area contributed by atoms with Crippen molar-refractivity contribution in [1.29, 1.82) is 0 Å². The Labute approximate surface area is 195 Å². The second-order valence-corrected chi connectivity index (χ2v) is 10.5. The van der Waals surface area contributed by atoms with Gasteiger partial charge in [-0.15, -0.1) is 0 Å². The number of hydrogen-bond acceptors (Lipinski definition) is 7. The number of rotatable bonds is 8. The standard InChI is InChI=1S/C23H23FN2O5S2/c1-15-4-6-16(7-5-15)21-26-22(33(28,29)19-10-8-17(24)9-11-19)23(31-21)32-14-20(27)25-13-18-3-2-12-30-18/h4-11,18H,2-3,12-14H2,1H3,(H,25,27)/t18-/m0/s1. The molecule has 3 aromatic rings. The van der Waals surface area contributed by atoms with E-state index in [1.54, 1.807) is 12.1 Å². The maximum Gasteiger partial charge on any atom is 0.230 e. The molecule has 0 radical (unpaired) electrons. The van der Waals surface area contributed by atoms with Crippen LogP contribution >= 0.6 is 11.8 Å². The number of oxazole rings is 1. The molecule has 0 aliphatic carbocycles. The van der Waals surface area contributed by atoms with Gasteiger partial charge in [0.1, 0.15) is 5.82 Å². The molecule has 1 atom stereocenters. The van der Waals surface area contributed by atoms with Crippen molar-refractivity contribution in [1.82, 2.24) is 10.3 Å². The van der Waals surface area contributed by atoms with Gasteiger partial charge in [0.15, 0.2) is 0 Å². The number of hydrogen-bond donors (Lipinski definition) is 1. The summed E-state index contributed by atoms with van der Waals surface area (Å²) in [7, 11) is -4.10. The molecule has 0 unspecified atom stereocenters. The molecule has 2 aromatic carbocycles. The van der Waals surface area contributed by atoms with Crippen LogP contribution in [-0.4, -0.2) is 44.3 Å². The lowest BCUT2D eigenvalue weighted by Crippen LogP contribution is -2.32. The molecular formula is C23H23FN2O5S2. The first-order valence-corrected chi connectivity index (χ1v) is 12.9. The van der Waals surface area contributed by atoms with Crippen LogP contribution in [0.5, 0.6) is 0 Å². The lowest BCUT2D eigenvalue weighted by atomic mass is 10.1. The number of amides is 1. The number of halogens is 1. The molecule has 4 rings (SSSR count). The number of aromatic nitrogens is 1. The van der Waals surface area contributed by atoms with E-state index >= 15 is 0 Å². The highest BCUT2D eigenvalue weighted by Gasteiger charge is 2.29. The summed E-state index contributed by atoms with van der Waals surface area (Å²) in [6.07, 6.45) is 1.88. The first-order chi connectivity index (χ1) is 15.8. The predicted octanol–water partition coefficient (Wildman–Crippen LogP) is 4.01. The van der Waals surface area contributed by atoms with Crippen molar-refractivity contribution in [2.45, 2.75) is 40.9 Å². The number of thioether (sulfide) groups is 1. The van der Waals surface area contributed by atoms with Crippen LogP contribution in [0.2, 0.25) is 0 Å². The van der Waals surface area contributed by atoms with E-state index in [-0.39, 0.29) is 38.7 Å². The molecule has 10 heteroatoms. The third-order valence-corrected chi connectivity index (χ3v) is 7.88. The maximum atomic E-state index is 13.3. The summed E-state index contributed by atoms with van der Waals surface area (Å²) in [5, 5.41) is 2.50. The predicted molar refractivity (Wildman–Crippen MR) is 121 cm³/mol. The van der Waals surface area contributed by atoms with Crippen molar-refractivity contribution in [3.8, 4) is 11.5 Å². The molecule has 1 fully saturated rings. The summed E-state index contributed by atoms with van der Waals surface area (Å²) in [4.78, 5) is 16.4. The second kappa shape index (κ2) is 10.1. The van der Waals surface area contributed by atoms with Gasteiger partial charge < -0.3 is 14.5 Å². The van der Waals surface area contributed by atoms with Crippen LogP contribution in [0.4, 0.5) is 4.39 Å². The van der Waals surface area contributed by atoms with Crippen LogP contribution in [0, 0.1) is 12.7 Å². The van der Waals surface area contributed by atoms with E-state index in [9.17, 15) is 17.6 Å². The van der Waals surface area contributed by atoms with Crippen LogP contribution in [0.15, 0.2) is 68.0 Å². The maximum absolute atomic E-state index is 13.3. The van der Waals surface area contributed by atoms with Gasteiger partial charge >= 0.3 is 0 Å². The van der Waals surface area contributed by atoms with Crippen LogP contribution in [0.25, 0.3) is 11.5 Å². The van der Waals surface area contributed by atoms with Crippen LogP contribution in [0.1, 0.15) is 18.4 Å². The number of nitrogens with one attached hydrogen (secondary N) is 1. The Bertz CT molecular complexity index is 1220. The summed E-state index contributed by atoms with van der Waals surface area (Å²) in [5.74, 6) is -0.750. The van der Waals surface area contributed by atoms with E-state index < -0.39 is 15.7 Å². The van der Waals surface area contributed by atoms with Gasteiger partial charge in [-0.1, -0.05) is 29.5 Å². The van der Waals surface area contributed by atoms with Crippen LogP contribution in [0.3, 0.4) is 0 Å². The normalized spacial score (nSPS) is 16.1. The molecule has 33 heavy (non-hydrogen) atoms. The summed E-state index contributed by atoms with van der Waals surface area (Å²) < 4.78 is 51.1. The van der Waals surface area contributed by atoms with Gasteiger partial charge in [-0.2, -0.15) is 4.98 Å². The summed E-state index contributed by atoms with van der Waals surface area (Å²) >= 11 is 0.946. The third-order valence-electron chi connectivity index (χ3n) is 5.13. The van der Waals surface area contributed by atoms with E-state index in [0.29, 0.717) is 18.7 Å². The minimum absolute atomic E-state index is 0.00201. The minimum atomic E-state index is -4.10. The van der Waals surface area contributed by atoms with E-state index in [0.717, 1.165) is 42.3 Å². The molecule has 174 valence electrons. The fourth-order valence-corrected chi connectivity index (χ4v) is 5.67. The Morgan fingerprint density at radius 3 is 2.58 bits per heavy atom. The highest BCUT2D eigenvalue weighted by molar-refractivity contribution is 8.00. The van der Waals surface area contributed by atoms with E-state index in [1.807, 2.05) is 19.1 Å². The highest BCUT2D eigenvalue weighted by atomic mass is 32.2. The average molecular weight is 491 g/mol. The van der Waals surface area contributed by atoms with Crippen molar-refractivity contribution in [2.75, 3.05) is 18.9 Å². The smallest absolute Gasteiger partial charge is 0.230 e. The van der Waals surface area contributed by atoms with E-state index in [4.69, 9.17) is 9.15 Å². The Balaban J connectivity index is 1.59. The van der Waals surface area contributed by atoms with Crippen LogP contribution in [-0.2, 0) is 19.4 Å². The molecule has 1 aromatic heterocycles. The zero-order chi connectivity index (χ0) is 23.4. The van der Waals surface area contributed by atoms with E-state index in [2.05, 4.69) is 10.3 Å². The van der Waals surface area contributed by atoms with Crippen molar-refractivity contribution < 1.29 is 26.8 Å². The lowest BCUT2D eigenvalue weighted by molar-refractivity contribution is -0.119. The monoisotopic (exact) mass is 490 g/mol. The highest BCUT2D eigenvalue weighted by Crippen LogP contribution is 2.35. The first-order valence-electron chi connectivity index (χ1n) is 10.4. The number of nitrogens with zero attached hydrogens (tertiary/aromatic N) is 1. The summed E-state index contributed by atoms with van der Waals surface area (Å²) in [6, 6.07) is 11.8. The Hall–Kier alpha value is -2.69. The number of carbonyl (C=O) groups is 1.